The summed E-state index contributed by atoms with van der Waals surface area (Å²) in [6.07, 6.45) is 0. The van der Waals surface area contributed by atoms with Crippen molar-refractivity contribution in [1.82, 2.24) is 15.5 Å². The lowest BCUT2D eigenvalue weighted by atomic mass is 10.0. The minimum Gasteiger partial charge on any atom is -0.496 e. The predicted octanol–water partition coefficient (Wildman–Crippen LogP) is 4.70. The van der Waals surface area contributed by atoms with E-state index in [1.807, 2.05) is 61.5 Å². The van der Waals surface area contributed by atoms with Crippen LogP contribution in [0, 0.1) is 6.92 Å². The Balaban J connectivity index is 1.74. The average Bonchev–Trinajstić information content (AvgIpc) is 3.14. The summed E-state index contributed by atoms with van der Waals surface area (Å²) in [7, 11) is 1.62. The Bertz CT molecular complexity index is 1170. The monoisotopic (exact) mass is 387 g/mol. The van der Waals surface area contributed by atoms with Crippen molar-refractivity contribution < 1.29 is 14.1 Å². The molecular formula is C23H21N3O3. The number of aromatic nitrogens is 2. The molecule has 29 heavy (non-hydrogen) atoms. The maximum atomic E-state index is 13.2. The molecule has 2 aromatic carbocycles. The summed E-state index contributed by atoms with van der Waals surface area (Å²) in [6, 6.07) is 18.8. The Morgan fingerprint density at radius 3 is 2.59 bits per heavy atom. The van der Waals surface area contributed by atoms with Gasteiger partial charge < -0.3 is 14.6 Å². The zero-order chi connectivity index (χ0) is 20.4. The topological polar surface area (TPSA) is 77.2 Å². The van der Waals surface area contributed by atoms with Crippen LogP contribution >= 0.6 is 0 Å². The molecule has 6 heteroatoms. The first-order valence-corrected chi connectivity index (χ1v) is 9.34. The van der Waals surface area contributed by atoms with E-state index < -0.39 is 0 Å². The number of benzene rings is 2. The first-order valence-electron chi connectivity index (χ1n) is 9.34. The molecule has 6 nitrogen and oxygen atoms in total. The van der Waals surface area contributed by atoms with Crippen molar-refractivity contribution in [2.24, 2.45) is 0 Å². The lowest BCUT2D eigenvalue weighted by Gasteiger charge is -2.17. The standard InChI is InChI=1S/C23H21N3O3/c1-14(17-11-7-8-12-20(17)28-3)24-22(27)18-13-19(16-9-5-4-6-10-16)25-23-21(18)15(2)26-29-23/h4-14H,1-3H3,(H,24,27). The van der Waals surface area contributed by atoms with Gasteiger partial charge in [0, 0.05) is 11.1 Å². The van der Waals surface area contributed by atoms with Gasteiger partial charge in [-0.25, -0.2) is 4.98 Å². The van der Waals surface area contributed by atoms with Crippen LogP contribution in [0.4, 0.5) is 0 Å². The average molecular weight is 387 g/mol. The number of rotatable bonds is 5. The Morgan fingerprint density at radius 1 is 1.10 bits per heavy atom. The third kappa shape index (κ3) is 3.57. The van der Waals surface area contributed by atoms with Crippen LogP contribution in [0.15, 0.2) is 65.2 Å². The molecule has 0 saturated heterocycles. The Morgan fingerprint density at radius 2 is 1.83 bits per heavy atom. The number of ether oxygens (including phenoxy) is 1. The third-order valence-electron chi connectivity index (χ3n) is 4.88. The molecule has 2 aromatic heterocycles. The number of nitrogens with one attached hydrogen (secondary N) is 1. The molecular weight excluding hydrogens is 366 g/mol. The summed E-state index contributed by atoms with van der Waals surface area (Å²) in [5, 5.41) is 7.68. The number of carbonyl (C=O) groups is 1. The number of para-hydroxylation sites is 1. The van der Waals surface area contributed by atoms with Gasteiger partial charge in [0.05, 0.1) is 35.5 Å². The van der Waals surface area contributed by atoms with E-state index in [0.29, 0.717) is 28.1 Å². The highest BCUT2D eigenvalue weighted by Gasteiger charge is 2.21. The zero-order valence-electron chi connectivity index (χ0n) is 16.5. The summed E-state index contributed by atoms with van der Waals surface area (Å²) < 4.78 is 10.8. The van der Waals surface area contributed by atoms with Crippen molar-refractivity contribution in [1.29, 1.82) is 0 Å². The fraction of sp³-hybridized carbons (Fsp3) is 0.174. The summed E-state index contributed by atoms with van der Waals surface area (Å²) in [5.74, 6) is 0.505. The number of carbonyl (C=O) groups excluding carboxylic acids is 1. The molecule has 4 rings (SSSR count). The molecule has 0 spiro atoms. The predicted molar refractivity (Wildman–Crippen MR) is 111 cm³/mol. The van der Waals surface area contributed by atoms with E-state index in [4.69, 9.17) is 9.26 Å². The van der Waals surface area contributed by atoms with Crippen molar-refractivity contribution >= 4 is 17.0 Å². The Hall–Kier alpha value is -3.67. The van der Waals surface area contributed by atoms with Crippen LogP contribution in [-0.4, -0.2) is 23.2 Å². The molecule has 146 valence electrons. The highest BCUT2D eigenvalue weighted by Crippen LogP contribution is 2.29. The number of methoxy groups -OCH3 is 1. The highest BCUT2D eigenvalue weighted by atomic mass is 16.5. The SMILES string of the molecule is COc1ccccc1C(C)NC(=O)c1cc(-c2ccccc2)nc2onc(C)c12. The van der Waals surface area contributed by atoms with Crippen LogP contribution in [0.2, 0.25) is 0 Å². The molecule has 0 saturated carbocycles. The second kappa shape index (κ2) is 7.75. The number of hydrogen-bond donors (Lipinski definition) is 1. The number of pyridine rings is 1. The molecule has 1 amide bonds. The first kappa shape index (κ1) is 18.7. The molecule has 0 aliphatic rings. The molecule has 0 radical (unpaired) electrons. The van der Waals surface area contributed by atoms with E-state index >= 15 is 0 Å². The van der Waals surface area contributed by atoms with Gasteiger partial charge in [0.1, 0.15) is 5.75 Å². The minimum atomic E-state index is -0.248. The second-order valence-corrected chi connectivity index (χ2v) is 6.81. The van der Waals surface area contributed by atoms with Crippen molar-refractivity contribution in [3.8, 4) is 17.0 Å². The largest absolute Gasteiger partial charge is 0.496 e. The number of amides is 1. The van der Waals surface area contributed by atoms with Crippen LogP contribution in [0.5, 0.6) is 5.75 Å². The summed E-state index contributed by atoms with van der Waals surface area (Å²) in [5.41, 5.74) is 3.91. The maximum absolute atomic E-state index is 13.2. The van der Waals surface area contributed by atoms with Crippen LogP contribution in [0.1, 0.15) is 34.6 Å². The number of aryl methyl sites for hydroxylation is 1. The normalized spacial score (nSPS) is 12.0. The molecule has 1 atom stereocenters. The fourth-order valence-corrected chi connectivity index (χ4v) is 3.41. The molecule has 1 N–H and O–H groups in total. The van der Waals surface area contributed by atoms with E-state index in [1.165, 1.54) is 0 Å². The van der Waals surface area contributed by atoms with Gasteiger partial charge in [-0.2, -0.15) is 0 Å². The lowest BCUT2D eigenvalue weighted by molar-refractivity contribution is 0.0941. The van der Waals surface area contributed by atoms with Gasteiger partial charge in [0.25, 0.3) is 11.6 Å². The summed E-state index contributed by atoms with van der Waals surface area (Å²) in [4.78, 5) is 17.8. The van der Waals surface area contributed by atoms with E-state index in [9.17, 15) is 4.79 Å². The molecule has 4 aromatic rings. The van der Waals surface area contributed by atoms with E-state index in [1.54, 1.807) is 20.1 Å². The number of fused-ring (bicyclic) bond motifs is 1. The summed E-state index contributed by atoms with van der Waals surface area (Å²) in [6.45, 7) is 3.73. The van der Waals surface area contributed by atoms with Gasteiger partial charge >= 0.3 is 0 Å². The molecule has 0 aliphatic carbocycles. The fourth-order valence-electron chi connectivity index (χ4n) is 3.41. The van der Waals surface area contributed by atoms with Crippen molar-refractivity contribution in [2.75, 3.05) is 7.11 Å². The van der Waals surface area contributed by atoms with Crippen LogP contribution in [0.25, 0.3) is 22.4 Å². The smallest absolute Gasteiger partial charge is 0.259 e. The van der Waals surface area contributed by atoms with E-state index in [0.717, 1.165) is 16.9 Å². The quantitative estimate of drug-likeness (QED) is 0.537. The molecule has 0 aliphatic heterocycles. The minimum absolute atomic E-state index is 0.223. The van der Waals surface area contributed by atoms with Crippen LogP contribution < -0.4 is 10.1 Å². The van der Waals surface area contributed by atoms with Crippen molar-refractivity contribution in [2.45, 2.75) is 19.9 Å². The highest BCUT2D eigenvalue weighted by molar-refractivity contribution is 6.07. The van der Waals surface area contributed by atoms with Gasteiger partial charge in [-0.1, -0.05) is 53.7 Å². The van der Waals surface area contributed by atoms with Crippen molar-refractivity contribution in [3.05, 3.63) is 77.5 Å². The lowest BCUT2D eigenvalue weighted by Crippen LogP contribution is -2.27. The molecule has 1 unspecified atom stereocenters. The van der Waals surface area contributed by atoms with Gasteiger partial charge in [0.2, 0.25) is 0 Å². The second-order valence-electron chi connectivity index (χ2n) is 6.81. The molecule has 0 bridgehead atoms. The van der Waals surface area contributed by atoms with E-state index in [-0.39, 0.29) is 11.9 Å². The van der Waals surface area contributed by atoms with Crippen molar-refractivity contribution in [3.63, 3.8) is 0 Å². The van der Waals surface area contributed by atoms with Gasteiger partial charge in [-0.3, -0.25) is 4.79 Å². The first-order chi connectivity index (χ1) is 14.1. The van der Waals surface area contributed by atoms with Gasteiger partial charge in [-0.05, 0) is 26.0 Å². The summed E-state index contributed by atoms with van der Waals surface area (Å²) >= 11 is 0. The zero-order valence-corrected chi connectivity index (χ0v) is 16.5. The van der Waals surface area contributed by atoms with Gasteiger partial charge in [0.15, 0.2) is 0 Å². The van der Waals surface area contributed by atoms with Crippen LogP contribution in [0.3, 0.4) is 0 Å². The number of nitrogens with zero attached hydrogens (tertiary/aromatic N) is 2. The van der Waals surface area contributed by atoms with Gasteiger partial charge in [-0.15, -0.1) is 0 Å². The maximum Gasteiger partial charge on any atom is 0.259 e. The van der Waals surface area contributed by atoms with E-state index in [2.05, 4.69) is 15.5 Å². The molecule has 2 heterocycles. The third-order valence-corrected chi connectivity index (χ3v) is 4.88. The van der Waals surface area contributed by atoms with Crippen LogP contribution in [-0.2, 0) is 0 Å². The Kier molecular flexibility index (Phi) is 4.99. The Labute approximate surface area is 168 Å². The molecule has 0 fully saturated rings. The number of hydrogen-bond acceptors (Lipinski definition) is 5.